The van der Waals surface area contributed by atoms with Gasteiger partial charge in [0.2, 0.25) is 15.9 Å². The Labute approximate surface area is 158 Å². The van der Waals surface area contributed by atoms with E-state index in [1.807, 2.05) is 26.0 Å². The topological polar surface area (TPSA) is 102 Å². The fraction of sp³-hybridized carbons (Fsp3) is 0.250. The van der Waals surface area contributed by atoms with E-state index >= 15 is 0 Å². The number of furan rings is 1. The smallest absolute Gasteiger partial charge is 0.238 e. The number of nitrogens with two attached hydrogens (primary N) is 1. The maximum Gasteiger partial charge on any atom is 0.238 e. The lowest BCUT2D eigenvalue weighted by atomic mass is 10.0. The van der Waals surface area contributed by atoms with Crippen LogP contribution in [-0.2, 0) is 21.2 Å². The van der Waals surface area contributed by atoms with Gasteiger partial charge in [-0.3, -0.25) is 4.79 Å². The van der Waals surface area contributed by atoms with Gasteiger partial charge in [0.1, 0.15) is 5.58 Å². The predicted octanol–water partition coefficient (Wildman–Crippen LogP) is 3.12. The summed E-state index contributed by atoms with van der Waals surface area (Å²) in [7, 11) is -3.79. The molecule has 1 heterocycles. The zero-order valence-corrected chi connectivity index (χ0v) is 16.3. The van der Waals surface area contributed by atoms with Crippen LogP contribution in [0.2, 0.25) is 0 Å². The van der Waals surface area contributed by atoms with Crippen molar-refractivity contribution in [1.82, 2.24) is 5.32 Å². The van der Waals surface area contributed by atoms with E-state index < -0.39 is 10.0 Å². The minimum Gasteiger partial charge on any atom is -0.464 e. The number of amides is 1. The molecule has 27 heavy (non-hydrogen) atoms. The Bertz CT molecular complexity index is 1120. The summed E-state index contributed by atoms with van der Waals surface area (Å²) in [6, 6.07) is 9.86. The Morgan fingerprint density at radius 3 is 2.67 bits per heavy atom. The van der Waals surface area contributed by atoms with E-state index in [0.29, 0.717) is 5.56 Å². The fourth-order valence-electron chi connectivity index (χ4n) is 3.03. The van der Waals surface area contributed by atoms with Crippen molar-refractivity contribution < 1.29 is 17.6 Å². The third-order valence-corrected chi connectivity index (χ3v) is 5.67. The SMILES string of the molecule is Cc1ccc2c(CC(=O)NC(C)c3cccc(S(N)(=O)=O)c3)coc2c1C. The number of hydrogen-bond acceptors (Lipinski definition) is 4. The van der Waals surface area contributed by atoms with Crippen LogP contribution in [0.5, 0.6) is 0 Å². The first-order valence-electron chi connectivity index (χ1n) is 8.55. The minimum atomic E-state index is -3.79. The van der Waals surface area contributed by atoms with E-state index in [2.05, 4.69) is 5.32 Å². The molecule has 2 aromatic carbocycles. The Kier molecular flexibility index (Phi) is 5.08. The van der Waals surface area contributed by atoms with Crippen LogP contribution in [0, 0.1) is 13.8 Å². The highest BCUT2D eigenvalue weighted by Crippen LogP contribution is 2.27. The molecule has 1 unspecified atom stereocenters. The Morgan fingerprint density at radius 1 is 1.22 bits per heavy atom. The molecular formula is C20H22N2O4S. The number of primary sulfonamides is 1. The largest absolute Gasteiger partial charge is 0.464 e. The summed E-state index contributed by atoms with van der Waals surface area (Å²) in [5, 5.41) is 8.98. The van der Waals surface area contributed by atoms with Crippen LogP contribution in [0.4, 0.5) is 0 Å². The molecule has 0 saturated heterocycles. The van der Waals surface area contributed by atoms with Crippen molar-refractivity contribution in [3.63, 3.8) is 0 Å². The second-order valence-corrected chi connectivity index (χ2v) is 8.29. The third kappa shape index (κ3) is 4.04. The summed E-state index contributed by atoms with van der Waals surface area (Å²) in [6.07, 6.45) is 1.79. The van der Waals surface area contributed by atoms with Crippen molar-refractivity contribution in [1.29, 1.82) is 0 Å². The molecule has 1 amide bonds. The van der Waals surface area contributed by atoms with Gasteiger partial charge in [0.05, 0.1) is 23.6 Å². The lowest BCUT2D eigenvalue weighted by Gasteiger charge is -2.15. The zero-order valence-electron chi connectivity index (χ0n) is 15.4. The highest BCUT2D eigenvalue weighted by atomic mass is 32.2. The molecule has 6 nitrogen and oxygen atoms in total. The molecule has 0 aliphatic rings. The maximum absolute atomic E-state index is 12.5. The minimum absolute atomic E-state index is 0.0211. The number of fused-ring (bicyclic) bond motifs is 1. The first-order valence-corrected chi connectivity index (χ1v) is 10.1. The van der Waals surface area contributed by atoms with Crippen LogP contribution in [0.15, 0.2) is 52.0 Å². The van der Waals surface area contributed by atoms with Gasteiger partial charge in [0.25, 0.3) is 0 Å². The summed E-state index contributed by atoms with van der Waals surface area (Å²) >= 11 is 0. The quantitative estimate of drug-likeness (QED) is 0.703. The normalized spacial score (nSPS) is 12.9. The first kappa shape index (κ1) is 19.1. The van der Waals surface area contributed by atoms with Gasteiger partial charge in [0, 0.05) is 10.9 Å². The number of hydrogen-bond donors (Lipinski definition) is 2. The van der Waals surface area contributed by atoms with Crippen LogP contribution in [0.3, 0.4) is 0 Å². The fourth-order valence-corrected chi connectivity index (χ4v) is 3.60. The molecule has 0 aliphatic carbocycles. The standard InChI is InChI=1S/C20H22N2O4S/c1-12-7-8-18-16(11-26-20(18)13(12)2)10-19(23)22-14(3)15-5-4-6-17(9-15)27(21,24)25/h4-9,11,14H,10H2,1-3H3,(H,22,23)(H2,21,24,25). The molecule has 142 valence electrons. The van der Waals surface area contributed by atoms with Gasteiger partial charge < -0.3 is 9.73 Å². The number of carbonyl (C=O) groups is 1. The summed E-state index contributed by atoms with van der Waals surface area (Å²) in [5.41, 5.74) is 4.48. The van der Waals surface area contributed by atoms with Crippen molar-refractivity contribution >= 4 is 26.9 Å². The molecule has 0 radical (unpaired) electrons. The molecule has 0 saturated carbocycles. The predicted molar refractivity (Wildman–Crippen MR) is 104 cm³/mol. The lowest BCUT2D eigenvalue weighted by molar-refractivity contribution is -0.121. The van der Waals surface area contributed by atoms with E-state index in [9.17, 15) is 13.2 Å². The molecule has 3 rings (SSSR count). The van der Waals surface area contributed by atoms with Crippen LogP contribution < -0.4 is 10.5 Å². The summed E-state index contributed by atoms with van der Waals surface area (Å²) in [6.45, 7) is 5.80. The molecule has 0 spiro atoms. The Hall–Kier alpha value is -2.64. The van der Waals surface area contributed by atoms with Gasteiger partial charge in [-0.05, 0) is 49.6 Å². The molecule has 7 heteroatoms. The molecule has 0 fully saturated rings. The second-order valence-electron chi connectivity index (χ2n) is 6.73. The van der Waals surface area contributed by atoms with Crippen molar-refractivity contribution in [3.05, 3.63) is 64.9 Å². The molecule has 3 aromatic rings. The van der Waals surface area contributed by atoms with E-state index in [4.69, 9.17) is 9.56 Å². The molecule has 3 N–H and O–H groups in total. The number of nitrogens with one attached hydrogen (secondary N) is 1. The number of carbonyl (C=O) groups excluding carboxylic acids is 1. The lowest BCUT2D eigenvalue weighted by Crippen LogP contribution is -2.28. The van der Waals surface area contributed by atoms with Crippen molar-refractivity contribution in [2.75, 3.05) is 0 Å². The second kappa shape index (κ2) is 7.17. The number of sulfonamides is 1. The zero-order chi connectivity index (χ0) is 19.8. The average molecular weight is 386 g/mol. The first-order chi connectivity index (χ1) is 12.7. The van der Waals surface area contributed by atoms with Gasteiger partial charge in [0.15, 0.2) is 0 Å². The monoisotopic (exact) mass is 386 g/mol. The van der Waals surface area contributed by atoms with E-state index in [-0.39, 0.29) is 23.3 Å². The van der Waals surface area contributed by atoms with Crippen LogP contribution in [0.25, 0.3) is 11.0 Å². The summed E-state index contributed by atoms with van der Waals surface area (Å²) < 4.78 is 28.6. The van der Waals surface area contributed by atoms with Crippen LogP contribution in [-0.4, -0.2) is 14.3 Å². The number of rotatable bonds is 5. The molecule has 1 aromatic heterocycles. The Balaban J connectivity index is 1.76. The van der Waals surface area contributed by atoms with Crippen molar-refractivity contribution in [3.8, 4) is 0 Å². The number of benzene rings is 2. The molecular weight excluding hydrogens is 364 g/mol. The third-order valence-electron chi connectivity index (χ3n) is 4.76. The summed E-state index contributed by atoms with van der Waals surface area (Å²) in [5.74, 6) is -0.176. The summed E-state index contributed by atoms with van der Waals surface area (Å²) in [4.78, 5) is 12.5. The molecule has 0 aliphatic heterocycles. The maximum atomic E-state index is 12.5. The van der Waals surface area contributed by atoms with Gasteiger partial charge in [-0.15, -0.1) is 0 Å². The molecule has 0 bridgehead atoms. The van der Waals surface area contributed by atoms with Gasteiger partial charge in [-0.2, -0.15) is 0 Å². The van der Waals surface area contributed by atoms with Gasteiger partial charge in [-0.1, -0.05) is 24.3 Å². The van der Waals surface area contributed by atoms with Crippen LogP contribution in [0.1, 0.15) is 35.2 Å². The highest BCUT2D eigenvalue weighted by Gasteiger charge is 2.16. The highest BCUT2D eigenvalue weighted by molar-refractivity contribution is 7.89. The van der Waals surface area contributed by atoms with Crippen molar-refractivity contribution in [2.24, 2.45) is 5.14 Å². The van der Waals surface area contributed by atoms with Gasteiger partial charge in [-0.25, -0.2) is 13.6 Å². The average Bonchev–Trinajstić information content (AvgIpc) is 3.01. The van der Waals surface area contributed by atoms with E-state index in [1.54, 1.807) is 25.3 Å². The molecule has 1 atom stereocenters. The van der Waals surface area contributed by atoms with Crippen molar-refractivity contribution in [2.45, 2.75) is 38.1 Å². The number of aryl methyl sites for hydroxylation is 2. The van der Waals surface area contributed by atoms with Crippen LogP contribution >= 0.6 is 0 Å². The van der Waals surface area contributed by atoms with E-state index in [0.717, 1.165) is 27.7 Å². The van der Waals surface area contributed by atoms with Gasteiger partial charge >= 0.3 is 0 Å². The van der Waals surface area contributed by atoms with E-state index in [1.165, 1.54) is 12.1 Å². The Morgan fingerprint density at radius 2 is 1.96 bits per heavy atom.